The minimum absolute atomic E-state index is 0.00905. The molecule has 11 heteroatoms. The van der Waals surface area contributed by atoms with Gasteiger partial charge in [0.05, 0.1) is 6.33 Å². The van der Waals surface area contributed by atoms with Crippen molar-refractivity contribution in [3.63, 3.8) is 0 Å². The summed E-state index contributed by atoms with van der Waals surface area (Å²) < 4.78 is 40.0. The molecular weight excluding hydrogens is 373 g/mol. The lowest BCUT2D eigenvalue weighted by atomic mass is 10.2. The van der Waals surface area contributed by atoms with Gasteiger partial charge in [-0.25, -0.2) is 4.98 Å². The first-order valence-corrected chi connectivity index (χ1v) is 7.79. The summed E-state index contributed by atoms with van der Waals surface area (Å²) in [5.41, 5.74) is -0.707. The number of carbonyl (C=O) groups excluding carboxylic acids is 1. The highest BCUT2D eigenvalue weighted by Gasteiger charge is 2.33. The van der Waals surface area contributed by atoms with E-state index in [1.807, 2.05) is 13.8 Å². The summed E-state index contributed by atoms with van der Waals surface area (Å²) in [7, 11) is 0. The topological polar surface area (TPSA) is 85.6 Å². The molecule has 0 fully saturated rings. The molecule has 0 radical (unpaired) electrons. The Labute approximate surface area is 150 Å². The average Bonchev–Trinajstić information content (AvgIpc) is 2.98. The molecule has 3 aromatic heterocycles. The lowest BCUT2D eigenvalue weighted by molar-refractivity contribution is -0.141. The number of anilines is 1. The van der Waals surface area contributed by atoms with Crippen LogP contribution in [0.5, 0.6) is 0 Å². The van der Waals surface area contributed by atoms with E-state index < -0.39 is 17.8 Å². The largest absolute Gasteiger partial charge is 0.433 e. The predicted octanol–water partition coefficient (Wildman–Crippen LogP) is 3.73. The Morgan fingerprint density at radius 3 is 2.65 bits per heavy atom. The molecule has 0 aliphatic heterocycles. The molecular formula is C15H12ClF3N6O. The number of aromatic nitrogens is 5. The number of alkyl halides is 3. The summed E-state index contributed by atoms with van der Waals surface area (Å²) in [6.07, 6.45) is -2.23. The first-order chi connectivity index (χ1) is 12.2. The number of nitrogens with one attached hydrogen (secondary N) is 1. The SMILES string of the molecule is CC(C)n1cnc2c(NC(=O)c3ccnc(C(F)(F)F)c3)nc(Cl)nc21. The molecule has 3 rings (SSSR count). The summed E-state index contributed by atoms with van der Waals surface area (Å²) >= 11 is 5.90. The molecule has 26 heavy (non-hydrogen) atoms. The van der Waals surface area contributed by atoms with Crippen molar-refractivity contribution in [3.8, 4) is 0 Å². The molecule has 0 saturated heterocycles. The van der Waals surface area contributed by atoms with Gasteiger partial charge in [-0.15, -0.1) is 0 Å². The lowest BCUT2D eigenvalue weighted by Gasteiger charge is -2.10. The maximum absolute atomic E-state index is 12.8. The van der Waals surface area contributed by atoms with Gasteiger partial charge in [-0.3, -0.25) is 9.78 Å². The van der Waals surface area contributed by atoms with Crippen LogP contribution in [0, 0.1) is 0 Å². The number of fused-ring (bicyclic) bond motifs is 1. The van der Waals surface area contributed by atoms with Gasteiger partial charge < -0.3 is 9.88 Å². The fourth-order valence-electron chi connectivity index (χ4n) is 2.26. The number of rotatable bonds is 3. The average molecular weight is 385 g/mol. The highest BCUT2D eigenvalue weighted by atomic mass is 35.5. The Morgan fingerprint density at radius 2 is 2.00 bits per heavy atom. The van der Waals surface area contributed by atoms with E-state index in [2.05, 4.69) is 25.3 Å². The molecule has 7 nitrogen and oxygen atoms in total. The predicted molar refractivity (Wildman–Crippen MR) is 87.9 cm³/mol. The zero-order valence-electron chi connectivity index (χ0n) is 13.5. The van der Waals surface area contributed by atoms with Crippen LogP contribution < -0.4 is 5.32 Å². The summed E-state index contributed by atoms with van der Waals surface area (Å²) in [4.78, 5) is 27.7. The van der Waals surface area contributed by atoms with Crippen molar-refractivity contribution in [3.05, 3.63) is 41.2 Å². The van der Waals surface area contributed by atoms with Crippen molar-refractivity contribution in [1.82, 2.24) is 24.5 Å². The molecule has 0 spiro atoms. The van der Waals surface area contributed by atoms with Gasteiger partial charge in [0.2, 0.25) is 5.28 Å². The molecule has 0 saturated carbocycles. The van der Waals surface area contributed by atoms with Crippen LogP contribution in [0.2, 0.25) is 5.28 Å². The Balaban J connectivity index is 1.98. The third kappa shape index (κ3) is 3.45. The highest BCUT2D eigenvalue weighted by Crippen LogP contribution is 2.28. The number of pyridine rings is 1. The molecule has 136 valence electrons. The van der Waals surface area contributed by atoms with Crippen LogP contribution in [0.1, 0.15) is 35.9 Å². The summed E-state index contributed by atoms with van der Waals surface area (Å²) in [5.74, 6) is -0.789. The minimum Gasteiger partial charge on any atom is -0.313 e. The monoisotopic (exact) mass is 384 g/mol. The van der Waals surface area contributed by atoms with Gasteiger partial charge in [0.1, 0.15) is 5.69 Å². The summed E-state index contributed by atoms with van der Waals surface area (Å²) in [5, 5.41) is 2.30. The standard InChI is InChI=1S/C15H12ClF3N6O/c1-7(2)25-6-21-10-11(23-14(16)24-12(10)25)22-13(26)8-3-4-20-9(5-8)15(17,18)19/h3-7H,1-2H3,(H,22,23,24,26). The van der Waals surface area contributed by atoms with Crippen LogP contribution >= 0.6 is 11.6 Å². The molecule has 3 heterocycles. The summed E-state index contributed by atoms with van der Waals surface area (Å²) in [6.45, 7) is 3.82. The number of halogens is 4. The first-order valence-electron chi connectivity index (χ1n) is 7.41. The second-order valence-corrected chi connectivity index (χ2v) is 5.98. The molecule has 0 unspecified atom stereocenters. The Kier molecular flexibility index (Phi) is 4.53. The molecule has 1 N–H and O–H groups in total. The van der Waals surface area contributed by atoms with Crippen molar-refractivity contribution < 1.29 is 18.0 Å². The zero-order valence-corrected chi connectivity index (χ0v) is 14.3. The van der Waals surface area contributed by atoms with Crippen LogP contribution in [-0.2, 0) is 6.18 Å². The van der Waals surface area contributed by atoms with Crippen LogP contribution in [0.3, 0.4) is 0 Å². The van der Waals surface area contributed by atoms with Crippen LogP contribution in [0.4, 0.5) is 19.0 Å². The van der Waals surface area contributed by atoms with Gasteiger partial charge in [0.25, 0.3) is 5.91 Å². The minimum atomic E-state index is -4.65. The van der Waals surface area contributed by atoms with Gasteiger partial charge in [0.15, 0.2) is 17.0 Å². The second-order valence-electron chi connectivity index (χ2n) is 5.64. The van der Waals surface area contributed by atoms with Gasteiger partial charge in [-0.1, -0.05) is 0 Å². The molecule has 3 aromatic rings. The molecule has 0 bridgehead atoms. The molecule has 0 atom stereocenters. The Morgan fingerprint density at radius 1 is 1.27 bits per heavy atom. The molecule has 1 amide bonds. The van der Waals surface area contributed by atoms with Crippen molar-refractivity contribution >= 4 is 34.5 Å². The second kappa shape index (κ2) is 6.52. The van der Waals surface area contributed by atoms with E-state index >= 15 is 0 Å². The normalized spacial score (nSPS) is 12.0. The van der Waals surface area contributed by atoms with Gasteiger partial charge >= 0.3 is 6.18 Å². The van der Waals surface area contributed by atoms with Gasteiger partial charge in [-0.05, 0) is 37.6 Å². The van der Waals surface area contributed by atoms with E-state index in [0.717, 1.165) is 12.3 Å². The van der Waals surface area contributed by atoms with Gasteiger partial charge in [0, 0.05) is 17.8 Å². The van der Waals surface area contributed by atoms with Crippen LogP contribution in [-0.4, -0.2) is 30.4 Å². The van der Waals surface area contributed by atoms with E-state index in [1.54, 1.807) is 4.57 Å². The fourth-order valence-corrected chi connectivity index (χ4v) is 2.43. The zero-order chi connectivity index (χ0) is 19.1. The number of imidazole rings is 1. The van der Waals surface area contributed by atoms with Crippen LogP contribution in [0.25, 0.3) is 11.2 Å². The Hall–Kier alpha value is -2.75. The first kappa shape index (κ1) is 18.1. The van der Waals surface area contributed by atoms with Crippen molar-refractivity contribution in [2.75, 3.05) is 5.32 Å². The van der Waals surface area contributed by atoms with Crippen molar-refractivity contribution in [2.24, 2.45) is 0 Å². The molecule has 0 aliphatic carbocycles. The number of nitrogens with zero attached hydrogens (tertiary/aromatic N) is 5. The maximum atomic E-state index is 12.8. The van der Waals surface area contributed by atoms with E-state index in [4.69, 9.17) is 11.6 Å². The quantitative estimate of drug-likeness (QED) is 0.695. The number of hydrogen-bond acceptors (Lipinski definition) is 5. The highest BCUT2D eigenvalue weighted by molar-refractivity contribution is 6.28. The third-order valence-electron chi connectivity index (χ3n) is 3.49. The van der Waals surface area contributed by atoms with E-state index in [-0.39, 0.29) is 28.2 Å². The number of hydrogen-bond donors (Lipinski definition) is 1. The maximum Gasteiger partial charge on any atom is 0.433 e. The Bertz CT molecular complexity index is 985. The number of carbonyl (C=O) groups is 1. The van der Waals surface area contributed by atoms with E-state index in [0.29, 0.717) is 11.7 Å². The fraction of sp³-hybridized carbons (Fsp3) is 0.267. The third-order valence-corrected chi connectivity index (χ3v) is 3.66. The molecule has 0 aliphatic rings. The van der Waals surface area contributed by atoms with Crippen molar-refractivity contribution in [1.29, 1.82) is 0 Å². The smallest absolute Gasteiger partial charge is 0.313 e. The lowest BCUT2D eigenvalue weighted by Crippen LogP contribution is -2.16. The van der Waals surface area contributed by atoms with Gasteiger partial charge in [-0.2, -0.15) is 23.1 Å². The van der Waals surface area contributed by atoms with Crippen LogP contribution in [0.15, 0.2) is 24.7 Å². The van der Waals surface area contributed by atoms with E-state index in [9.17, 15) is 18.0 Å². The number of amides is 1. The van der Waals surface area contributed by atoms with E-state index in [1.165, 1.54) is 6.33 Å². The molecule has 0 aromatic carbocycles. The summed E-state index contributed by atoms with van der Waals surface area (Å²) in [6, 6.07) is 1.85. The van der Waals surface area contributed by atoms with Crippen molar-refractivity contribution in [2.45, 2.75) is 26.1 Å².